The summed E-state index contributed by atoms with van der Waals surface area (Å²) < 4.78 is 49.4. The van der Waals surface area contributed by atoms with Crippen molar-refractivity contribution in [3.63, 3.8) is 0 Å². The van der Waals surface area contributed by atoms with Gasteiger partial charge in [0.2, 0.25) is 0 Å². The first kappa shape index (κ1) is 26.5. The van der Waals surface area contributed by atoms with E-state index in [1.54, 1.807) is 0 Å². The van der Waals surface area contributed by atoms with Crippen LogP contribution in [0.2, 0.25) is 0 Å². The molecule has 1 aromatic rings. The molecule has 1 aliphatic heterocycles. The summed E-state index contributed by atoms with van der Waals surface area (Å²) in [7, 11) is -18.0. The smallest absolute Gasteiger partial charge is 0.330 e. The first-order valence-corrected chi connectivity index (χ1v) is 11.4. The maximum Gasteiger partial charge on any atom is 0.330 e. The van der Waals surface area contributed by atoms with Gasteiger partial charge in [-0.1, -0.05) is 0 Å². The Balaban J connectivity index is 0.00000420. The third-order valence-corrected chi connectivity index (χ3v) is 6.83. The van der Waals surface area contributed by atoms with Gasteiger partial charge in [-0.05, 0) is 0 Å². The van der Waals surface area contributed by atoms with E-state index in [4.69, 9.17) is 4.74 Å². The van der Waals surface area contributed by atoms with Crippen LogP contribution in [0.3, 0.4) is 0 Å². The summed E-state index contributed by atoms with van der Waals surface area (Å²) in [5.41, 5.74) is -1.55. The molecule has 0 spiro atoms. The van der Waals surface area contributed by atoms with Gasteiger partial charge in [-0.15, -0.1) is 0 Å². The molecule has 2 rings (SSSR count). The third-order valence-electron chi connectivity index (χ3n) is 3.16. The number of H-pyrrole nitrogens is 1. The molecule has 170 valence electrons. The van der Waals surface area contributed by atoms with Crippen molar-refractivity contribution in [2.75, 3.05) is 6.61 Å². The summed E-state index contributed by atoms with van der Waals surface area (Å²) in [4.78, 5) is 67.6. The Labute approximate surface area is 170 Å². The van der Waals surface area contributed by atoms with Crippen molar-refractivity contribution >= 4 is 23.5 Å². The molecule has 2 unspecified atom stereocenters. The predicted octanol–water partition coefficient (Wildman–Crippen LogP) is -4.00. The average molecular weight is 523 g/mol. The van der Waals surface area contributed by atoms with Crippen LogP contribution in [-0.2, 0) is 48.1 Å². The van der Waals surface area contributed by atoms with Crippen LogP contribution in [0.1, 0.15) is 12.6 Å². The fraction of sp³-hybridized carbons (Fsp3) is 0.556. The number of aromatic nitrogens is 2. The van der Waals surface area contributed by atoms with Crippen molar-refractivity contribution in [1.82, 2.24) is 9.55 Å². The Morgan fingerprint density at radius 1 is 1.17 bits per heavy atom. The minimum Gasteiger partial charge on any atom is -0.790 e. The fourth-order valence-electron chi connectivity index (χ4n) is 2.14. The molecule has 2 N–H and O–H groups in total. The molecule has 29 heavy (non-hydrogen) atoms. The van der Waals surface area contributed by atoms with Crippen LogP contribution in [0.5, 0.6) is 0 Å². The van der Waals surface area contributed by atoms with Gasteiger partial charge in [0, 0.05) is 35.2 Å². The zero-order chi connectivity index (χ0) is 21.3. The summed E-state index contributed by atoms with van der Waals surface area (Å²) in [6.07, 6.45) is -3.02. The Morgan fingerprint density at radius 3 is 2.34 bits per heavy atom. The molecule has 1 saturated heterocycles. The molecule has 0 amide bonds. The number of aliphatic hydroxyl groups excluding tert-OH is 1. The number of ether oxygens (including phenoxy) is 1. The van der Waals surface area contributed by atoms with Crippen molar-refractivity contribution in [3.8, 4) is 0 Å². The van der Waals surface area contributed by atoms with Crippen molar-refractivity contribution in [2.45, 2.75) is 24.9 Å². The fourth-order valence-corrected chi connectivity index (χ4v) is 5.00. The number of hydrogen-bond donors (Lipinski definition) is 2. The second-order valence-electron chi connectivity index (χ2n) is 5.25. The van der Waals surface area contributed by atoms with Crippen LogP contribution in [0, 0.1) is 0 Å². The maximum absolute atomic E-state index is 11.7. The summed E-state index contributed by atoms with van der Waals surface area (Å²) in [6.45, 7) is -0.997. The standard InChI is InChI=1S/C9H15N2O14P3.Ni/c12-5-3-8(11-2-1-7(13)10-9(11)14)23-6(5)4-22-27(18,19)25-28(20,21)24-26(15,16)17;/h1-2,5-6,8,12H,3-4H2,(H,18,19)(H,20,21)(H,10,13,14)(H2,15,16,17);/p-4/t5-,6+,8+;/m0./s1. The largest absolute Gasteiger partial charge is 0.790 e. The molecule has 1 fully saturated rings. The van der Waals surface area contributed by atoms with E-state index in [-0.39, 0.29) is 22.9 Å². The number of phosphoric acid groups is 3. The SMILES string of the molecule is O=c1ccn([C@H]2C[C@H](O)[C@@H](COP(=O)([O-])OP(=O)([O-])OP(=O)([O-])[O-])O2)c(=O)[nH]1.[Ni]. The summed E-state index contributed by atoms with van der Waals surface area (Å²) in [5, 5.41) is 9.86. The molecular weight excluding hydrogens is 512 g/mol. The topological polar surface area (TPSA) is 255 Å². The zero-order valence-corrected chi connectivity index (χ0v) is 17.3. The van der Waals surface area contributed by atoms with Gasteiger partial charge in [0.05, 0.1) is 20.5 Å². The molecule has 0 radical (unpaired) electrons. The van der Waals surface area contributed by atoms with Crippen LogP contribution in [0.25, 0.3) is 0 Å². The quantitative estimate of drug-likeness (QED) is 0.243. The average Bonchev–Trinajstić information content (AvgIpc) is 2.82. The molecule has 2 heterocycles. The van der Waals surface area contributed by atoms with E-state index in [1.807, 2.05) is 4.98 Å². The predicted molar refractivity (Wildman–Crippen MR) is 76.8 cm³/mol. The van der Waals surface area contributed by atoms with Crippen LogP contribution in [-0.4, -0.2) is 33.5 Å². The molecule has 0 aliphatic carbocycles. The number of phosphoric ester groups is 1. The number of nitrogens with one attached hydrogen (secondary N) is 1. The number of rotatable bonds is 8. The van der Waals surface area contributed by atoms with E-state index in [1.165, 1.54) is 0 Å². The Bertz CT molecular complexity index is 972. The summed E-state index contributed by atoms with van der Waals surface area (Å²) in [5.74, 6) is 0. The summed E-state index contributed by atoms with van der Waals surface area (Å²) in [6, 6.07) is 0.997. The third kappa shape index (κ3) is 8.27. The summed E-state index contributed by atoms with van der Waals surface area (Å²) >= 11 is 0. The second kappa shape index (κ2) is 9.75. The monoisotopic (exact) mass is 522 g/mol. The van der Waals surface area contributed by atoms with Crippen molar-refractivity contribution in [1.29, 1.82) is 0 Å². The first-order chi connectivity index (χ1) is 12.7. The van der Waals surface area contributed by atoms with Gasteiger partial charge in [0.25, 0.3) is 21.2 Å². The second-order valence-corrected chi connectivity index (χ2v) is 9.50. The minimum absolute atomic E-state index is 0. The number of hydrogen-bond acceptors (Lipinski definition) is 14. The van der Waals surface area contributed by atoms with Gasteiger partial charge >= 0.3 is 5.69 Å². The minimum atomic E-state index is -6.11. The van der Waals surface area contributed by atoms with E-state index in [2.05, 4.69) is 13.1 Å². The molecule has 0 bridgehead atoms. The van der Waals surface area contributed by atoms with Gasteiger partial charge in [-0.3, -0.25) is 27.8 Å². The number of aliphatic hydroxyl groups is 1. The molecule has 16 nitrogen and oxygen atoms in total. The Kier molecular flexibility index (Phi) is 8.93. The van der Waals surface area contributed by atoms with Gasteiger partial charge in [0.15, 0.2) is 0 Å². The van der Waals surface area contributed by atoms with E-state index < -0.39 is 59.8 Å². The van der Waals surface area contributed by atoms with E-state index in [9.17, 15) is 48.0 Å². The van der Waals surface area contributed by atoms with Gasteiger partial charge < -0.3 is 38.5 Å². The number of aromatic amines is 1. The van der Waals surface area contributed by atoms with E-state index >= 15 is 0 Å². The van der Waals surface area contributed by atoms with Crippen molar-refractivity contribution < 1.29 is 72.7 Å². The van der Waals surface area contributed by atoms with Gasteiger partial charge in [0.1, 0.15) is 12.3 Å². The Hall–Kier alpha value is -0.496. The van der Waals surface area contributed by atoms with Crippen LogP contribution >= 0.6 is 23.5 Å². The molecule has 1 aliphatic rings. The molecular formula is C9H11N2NiO14P3-4. The maximum atomic E-state index is 11.7. The van der Waals surface area contributed by atoms with Crippen LogP contribution in [0.4, 0.5) is 0 Å². The molecule has 0 aromatic carbocycles. The zero-order valence-electron chi connectivity index (χ0n) is 13.7. The van der Waals surface area contributed by atoms with Crippen molar-refractivity contribution in [2.24, 2.45) is 0 Å². The molecule has 5 atom stereocenters. The van der Waals surface area contributed by atoms with Gasteiger partial charge in [-0.2, -0.15) is 0 Å². The number of nitrogens with zero attached hydrogens (tertiary/aromatic N) is 1. The van der Waals surface area contributed by atoms with Crippen LogP contribution in [0.15, 0.2) is 21.9 Å². The van der Waals surface area contributed by atoms with E-state index in [0.29, 0.717) is 0 Å². The molecule has 20 heteroatoms. The normalized spacial score (nSPS) is 26.3. The molecule has 0 saturated carbocycles. The van der Waals surface area contributed by atoms with Gasteiger partial charge in [-0.25, -0.2) is 9.11 Å². The van der Waals surface area contributed by atoms with Crippen LogP contribution < -0.4 is 30.8 Å². The first-order valence-electron chi connectivity index (χ1n) is 7.04. The molecule has 1 aromatic heterocycles. The van der Waals surface area contributed by atoms with E-state index in [0.717, 1.165) is 16.8 Å². The van der Waals surface area contributed by atoms with Crippen molar-refractivity contribution in [3.05, 3.63) is 33.1 Å². The Morgan fingerprint density at radius 2 is 1.79 bits per heavy atom.